The van der Waals surface area contributed by atoms with Crippen LogP contribution in [0.15, 0.2) is 12.3 Å². The number of anilines is 1. The molecule has 4 aromatic rings. The molecule has 0 amide bonds. The van der Waals surface area contributed by atoms with Crippen LogP contribution in [0.1, 0.15) is 44.1 Å². The van der Waals surface area contributed by atoms with E-state index in [-0.39, 0.29) is 47.3 Å². The van der Waals surface area contributed by atoms with E-state index < -0.39 is 11.9 Å². The molecular formula is C36H43ClFN7O6. The van der Waals surface area contributed by atoms with E-state index in [0.29, 0.717) is 83.3 Å². The monoisotopic (exact) mass is 723 g/mol. The quantitative estimate of drug-likeness (QED) is 0.279. The summed E-state index contributed by atoms with van der Waals surface area (Å²) in [6.45, 7) is 6.54. The zero-order chi connectivity index (χ0) is 34.9. The molecule has 0 bridgehead atoms. The molecule has 2 N–H and O–H groups in total. The van der Waals surface area contributed by atoms with Gasteiger partial charge in [-0.1, -0.05) is 18.0 Å². The Balaban J connectivity index is 1.12. The number of aromatic amines is 1. The summed E-state index contributed by atoms with van der Waals surface area (Å²) in [6, 6.07) is 2.54. The Morgan fingerprint density at radius 1 is 1.14 bits per heavy atom. The van der Waals surface area contributed by atoms with Gasteiger partial charge in [0.15, 0.2) is 5.82 Å². The molecule has 5 aliphatic rings. The summed E-state index contributed by atoms with van der Waals surface area (Å²) in [5.74, 6) is -0.147. The van der Waals surface area contributed by atoms with E-state index in [4.69, 9.17) is 50.2 Å². The van der Waals surface area contributed by atoms with Gasteiger partial charge in [-0.25, -0.2) is 9.37 Å². The number of β-amino-alcohol motifs (C(OH)–C–C–N with tert-alkyl or cyclic N) is 1. The topological polar surface area (TPSA) is 140 Å². The van der Waals surface area contributed by atoms with Gasteiger partial charge in [0, 0.05) is 46.6 Å². The largest absolute Gasteiger partial charge is 0.480 e. The summed E-state index contributed by atoms with van der Waals surface area (Å²) in [4.78, 5) is 18.9. The molecule has 3 aromatic heterocycles. The average Bonchev–Trinajstić information content (AvgIpc) is 3.85. The second-order valence-corrected chi connectivity index (χ2v) is 15.4. The second kappa shape index (κ2) is 12.9. The molecule has 1 aromatic carbocycles. The third kappa shape index (κ3) is 5.60. The normalized spacial score (nSPS) is 27.9. The number of methoxy groups -OCH3 is 1. The molecule has 13 nitrogen and oxygen atoms in total. The van der Waals surface area contributed by atoms with Gasteiger partial charge in [0.25, 0.3) is 0 Å². The lowest BCUT2D eigenvalue weighted by Gasteiger charge is -2.48. The summed E-state index contributed by atoms with van der Waals surface area (Å²) < 4.78 is 47.1. The molecule has 272 valence electrons. The number of benzene rings is 1. The lowest BCUT2D eigenvalue weighted by molar-refractivity contribution is -0.184. The highest BCUT2D eigenvalue weighted by Gasteiger charge is 2.54. The van der Waals surface area contributed by atoms with E-state index in [1.54, 1.807) is 12.3 Å². The lowest BCUT2D eigenvalue weighted by Crippen LogP contribution is -2.56. The number of hydrogen-bond donors (Lipinski definition) is 2. The van der Waals surface area contributed by atoms with Crippen molar-refractivity contribution in [1.29, 1.82) is 0 Å². The highest BCUT2D eigenvalue weighted by Crippen LogP contribution is 2.50. The van der Waals surface area contributed by atoms with Crippen LogP contribution in [0.25, 0.3) is 33.1 Å². The van der Waals surface area contributed by atoms with Crippen LogP contribution in [0.2, 0.25) is 5.02 Å². The van der Waals surface area contributed by atoms with Crippen molar-refractivity contribution < 1.29 is 33.2 Å². The number of hydrogen-bond acceptors (Lipinski definition) is 12. The molecule has 51 heavy (non-hydrogen) atoms. The number of nitrogens with zero attached hydrogens (tertiary/aromatic N) is 6. The Kier molecular flexibility index (Phi) is 8.47. The second-order valence-electron chi connectivity index (χ2n) is 14.9. The fourth-order valence-corrected chi connectivity index (χ4v) is 9.51. The summed E-state index contributed by atoms with van der Waals surface area (Å²) in [5, 5.41) is 19.2. The number of ether oxygens (including phenoxy) is 5. The third-order valence-corrected chi connectivity index (χ3v) is 12.3. The maximum atomic E-state index is 17.2. The van der Waals surface area contributed by atoms with Crippen molar-refractivity contribution >= 4 is 39.2 Å². The Hall–Kier alpha value is -3.40. The fourth-order valence-electron chi connectivity index (χ4n) is 9.31. The fraction of sp³-hybridized carbons (Fsp3) is 0.611. The number of aromatic nitrogens is 5. The SMILES string of the molecule is COc1nc(-c2c(C)c(Cl)cc3[nH]ncc23)c(F)c2nc(OCC34CCCC3N(C3COC5(COC5)C3)CCC4)nc(N3CCOCC(O)C3)c12. The molecule has 7 heterocycles. The molecule has 5 fully saturated rings. The van der Waals surface area contributed by atoms with E-state index in [2.05, 4.69) is 15.1 Å². The van der Waals surface area contributed by atoms with Crippen molar-refractivity contribution in [2.75, 3.05) is 71.3 Å². The van der Waals surface area contributed by atoms with Gasteiger partial charge in [-0.15, -0.1) is 0 Å². The van der Waals surface area contributed by atoms with Gasteiger partial charge in [0.05, 0.1) is 64.6 Å². The zero-order valence-corrected chi connectivity index (χ0v) is 29.7. The highest BCUT2D eigenvalue weighted by molar-refractivity contribution is 6.33. The predicted molar refractivity (Wildman–Crippen MR) is 187 cm³/mol. The van der Waals surface area contributed by atoms with Crippen LogP contribution in [0.4, 0.5) is 10.2 Å². The van der Waals surface area contributed by atoms with Crippen molar-refractivity contribution in [1.82, 2.24) is 30.0 Å². The van der Waals surface area contributed by atoms with Crippen molar-refractivity contribution in [2.24, 2.45) is 5.41 Å². The van der Waals surface area contributed by atoms with E-state index >= 15 is 4.39 Å². The first-order valence-corrected chi connectivity index (χ1v) is 18.3. The van der Waals surface area contributed by atoms with Crippen LogP contribution in [-0.4, -0.2) is 125 Å². The van der Waals surface area contributed by atoms with Gasteiger partial charge in [-0.2, -0.15) is 15.1 Å². The number of nitrogens with one attached hydrogen (secondary N) is 1. The molecule has 1 aliphatic carbocycles. The van der Waals surface area contributed by atoms with Crippen LogP contribution in [0.5, 0.6) is 11.9 Å². The molecule has 4 atom stereocenters. The molecular weight excluding hydrogens is 681 g/mol. The zero-order valence-electron chi connectivity index (χ0n) is 28.9. The first-order valence-electron chi connectivity index (χ1n) is 18.0. The minimum Gasteiger partial charge on any atom is -0.480 e. The first kappa shape index (κ1) is 33.4. The molecule has 15 heteroatoms. The van der Waals surface area contributed by atoms with Gasteiger partial charge in [-0.3, -0.25) is 10.00 Å². The van der Waals surface area contributed by atoms with Gasteiger partial charge in [0.2, 0.25) is 5.88 Å². The molecule has 1 spiro atoms. The molecule has 4 saturated heterocycles. The summed E-state index contributed by atoms with van der Waals surface area (Å²) in [5.41, 5.74) is 1.63. The Morgan fingerprint density at radius 2 is 2.00 bits per heavy atom. The molecule has 4 aliphatic heterocycles. The first-order chi connectivity index (χ1) is 24.8. The number of pyridine rings is 1. The molecule has 4 unspecified atom stereocenters. The number of H-pyrrole nitrogens is 1. The van der Waals surface area contributed by atoms with Crippen LogP contribution in [0.3, 0.4) is 0 Å². The van der Waals surface area contributed by atoms with Crippen LogP contribution in [-0.2, 0) is 14.2 Å². The van der Waals surface area contributed by atoms with E-state index in [9.17, 15) is 5.11 Å². The van der Waals surface area contributed by atoms with Crippen molar-refractivity contribution in [3.63, 3.8) is 0 Å². The maximum Gasteiger partial charge on any atom is 0.319 e. The van der Waals surface area contributed by atoms with Crippen LogP contribution in [0, 0.1) is 18.2 Å². The average molecular weight is 724 g/mol. The Labute approximate surface area is 299 Å². The Bertz CT molecular complexity index is 1980. The van der Waals surface area contributed by atoms with Crippen molar-refractivity contribution in [2.45, 2.75) is 69.2 Å². The number of halogens is 2. The number of aliphatic hydroxyl groups is 1. The number of piperidine rings is 1. The van der Waals surface area contributed by atoms with Crippen molar-refractivity contribution in [3.05, 3.63) is 28.7 Å². The minimum absolute atomic E-state index is 0.00869. The summed E-state index contributed by atoms with van der Waals surface area (Å²) in [7, 11) is 1.49. The number of fused-ring (bicyclic) bond motifs is 3. The highest BCUT2D eigenvalue weighted by atomic mass is 35.5. The third-order valence-electron chi connectivity index (χ3n) is 11.9. The Morgan fingerprint density at radius 3 is 2.80 bits per heavy atom. The van der Waals surface area contributed by atoms with Crippen molar-refractivity contribution in [3.8, 4) is 23.1 Å². The van der Waals surface area contributed by atoms with Crippen LogP contribution < -0.4 is 14.4 Å². The predicted octanol–water partition coefficient (Wildman–Crippen LogP) is 4.45. The van der Waals surface area contributed by atoms with Gasteiger partial charge >= 0.3 is 6.01 Å². The van der Waals surface area contributed by atoms with E-state index in [1.165, 1.54) is 7.11 Å². The summed E-state index contributed by atoms with van der Waals surface area (Å²) in [6.07, 6.45) is 7.21. The number of likely N-dealkylation sites (tertiary alicyclic amines) is 1. The standard InChI is InChI=1S/C36H43ClFN7O6/c1-20-24(37)11-25-23(13-39-43-25)27(20)30-29(38)31-28(33(40-30)47-2)32(44-9-10-48-16-22(46)14-44)42-34(41-31)50-17-35-6-3-5-26(35)45(8-4-7-35)21-12-36(51-15-21)18-49-19-36/h11,13,21-22,26,46H,3-10,12,14-19H2,1-2H3,(H,39,43). The minimum atomic E-state index is -0.773. The molecule has 0 radical (unpaired) electrons. The van der Waals surface area contributed by atoms with Gasteiger partial charge in [-0.05, 0) is 57.2 Å². The van der Waals surface area contributed by atoms with Gasteiger partial charge < -0.3 is 33.7 Å². The van der Waals surface area contributed by atoms with E-state index in [1.807, 2.05) is 11.8 Å². The van der Waals surface area contributed by atoms with Gasteiger partial charge in [0.1, 0.15) is 28.0 Å². The van der Waals surface area contributed by atoms with E-state index in [0.717, 1.165) is 51.7 Å². The maximum absolute atomic E-state index is 17.2. The smallest absolute Gasteiger partial charge is 0.319 e. The molecule has 1 saturated carbocycles. The number of aliphatic hydroxyl groups excluding tert-OH is 1. The molecule has 9 rings (SSSR count). The summed E-state index contributed by atoms with van der Waals surface area (Å²) >= 11 is 6.63. The lowest BCUT2D eigenvalue weighted by atomic mass is 9.74. The number of rotatable bonds is 7. The van der Waals surface area contributed by atoms with Crippen LogP contribution >= 0.6 is 11.6 Å².